The van der Waals surface area contributed by atoms with Crippen molar-refractivity contribution in [2.75, 3.05) is 12.4 Å². The van der Waals surface area contributed by atoms with Crippen LogP contribution in [0.2, 0.25) is 0 Å². The number of rotatable bonds is 18. The van der Waals surface area contributed by atoms with E-state index in [4.69, 9.17) is 0 Å². The van der Waals surface area contributed by atoms with Crippen LogP contribution in [0, 0.1) is 0 Å². The summed E-state index contributed by atoms with van der Waals surface area (Å²) in [6.07, 6.45) is 14.3. The van der Waals surface area contributed by atoms with E-state index in [9.17, 15) is 15.0 Å². The van der Waals surface area contributed by atoms with E-state index in [2.05, 4.69) is 17.0 Å². The van der Waals surface area contributed by atoms with Crippen molar-refractivity contribution < 1.29 is 19.7 Å². The number of aliphatic hydroxyl groups is 1. The minimum Gasteiger partial charge on any atom is -0.508 e. The Labute approximate surface area is 183 Å². The van der Waals surface area contributed by atoms with Gasteiger partial charge in [0, 0.05) is 12.1 Å². The van der Waals surface area contributed by atoms with Crippen LogP contribution < -0.4 is 5.32 Å². The number of benzene rings is 1. The Morgan fingerprint density at radius 1 is 0.900 bits per heavy atom. The van der Waals surface area contributed by atoms with Gasteiger partial charge in [-0.15, -0.1) is 0 Å². The average molecular weight is 422 g/mol. The summed E-state index contributed by atoms with van der Waals surface area (Å²) in [6, 6.07) is 7.06. The number of ether oxygens (including phenoxy) is 1. The Morgan fingerprint density at radius 2 is 1.47 bits per heavy atom. The number of hydrogen-bond acceptors (Lipinski definition) is 5. The molecule has 0 heterocycles. The summed E-state index contributed by atoms with van der Waals surface area (Å²) >= 11 is 0. The smallest absolute Gasteiger partial charge is 0.305 e. The number of phenols is 1. The van der Waals surface area contributed by atoms with Crippen molar-refractivity contribution in [1.82, 2.24) is 0 Å². The number of phenolic OH excluding ortho intramolecular Hbond substituents is 1. The molecule has 0 bridgehead atoms. The van der Waals surface area contributed by atoms with Crippen molar-refractivity contribution in [3.8, 4) is 5.75 Å². The van der Waals surface area contributed by atoms with Gasteiger partial charge in [-0.05, 0) is 43.5 Å². The molecule has 2 atom stereocenters. The maximum absolute atomic E-state index is 11.1. The fraction of sp³-hybridized carbons (Fsp3) is 0.720. The number of methoxy groups -OCH3 is 1. The second-order valence-corrected chi connectivity index (χ2v) is 8.30. The summed E-state index contributed by atoms with van der Waals surface area (Å²) in [7, 11) is 1.43. The van der Waals surface area contributed by atoms with Gasteiger partial charge in [0.1, 0.15) is 5.75 Å². The first-order valence-electron chi connectivity index (χ1n) is 11.9. The van der Waals surface area contributed by atoms with Gasteiger partial charge in [0.25, 0.3) is 0 Å². The van der Waals surface area contributed by atoms with Gasteiger partial charge in [0.15, 0.2) is 0 Å². The van der Waals surface area contributed by atoms with E-state index in [1.807, 2.05) is 12.1 Å². The summed E-state index contributed by atoms with van der Waals surface area (Å²) in [5, 5.41) is 23.8. The fourth-order valence-electron chi connectivity index (χ4n) is 3.73. The molecule has 0 radical (unpaired) electrons. The van der Waals surface area contributed by atoms with Crippen LogP contribution in [-0.2, 0) is 9.53 Å². The van der Waals surface area contributed by atoms with E-state index in [1.54, 1.807) is 12.1 Å². The Morgan fingerprint density at radius 3 is 2.10 bits per heavy atom. The quantitative estimate of drug-likeness (QED) is 0.150. The zero-order valence-corrected chi connectivity index (χ0v) is 19.1. The molecular weight excluding hydrogens is 378 g/mol. The number of unbranched alkanes of at least 4 members (excludes halogenated alkanes) is 9. The highest BCUT2D eigenvalue weighted by Crippen LogP contribution is 2.21. The number of carbonyl (C=O) groups is 1. The molecule has 2 unspecified atom stereocenters. The minimum absolute atomic E-state index is 0.0141. The SMILES string of the molecule is CCCCCCCCC(O)C(CCCCCCCC(=O)OC)Nc1ccc(O)cc1. The standard InChI is InChI=1S/C25H43NO4/c1-3-4-5-6-9-12-15-24(28)23(26-21-17-19-22(27)20-18-21)14-11-8-7-10-13-16-25(29)30-2/h17-20,23-24,26-28H,3-16H2,1-2H3. The summed E-state index contributed by atoms with van der Waals surface area (Å²) in [5.41, 5.74) is 0.929. The van der Waals surface area contributed by atoms with Crippen LogP contribution in [0.5, 0.6) is 5.75 Å². The Bertz CT molecular complexity index is 547. The molecule has 172 valence electrons. The number of hydrogen-bond donors (Lipinski definition) is 3. The zero-order valence-electron chi connectivity index (χ0n) is 19.1. The lowest BCUT2D eigenvalue weighted by atomic mass is 9.97. The van der Waals surface area contributed by atoms with Crippen LogP contribution >= 0.6 is 0 Å². The highest BCUT2D eigenvalue weighted by Gasteiger charge is 2.18. The number of aromatic hydroxyl groups is 1. The monoisotopic (exact) mass is 421 g/mol. The van der Waals surface area contributed by atoms with Gasteiger partial charge < -0.3 is 20.3 Å². The van der Waals surface area contributed by atoms with Gasteiger partial charge in [-0.25, -0.2) is 0 Å². The summed E-state index contributed by atoms with van der Waals surface area (Å²) in [5.74, 6) is 0.114. The van der Waals surface area contributed by atoms with Gasteiger partial charge in [0.05, 0.1) is 19.3 Å². The van der Waals surface area contributed by atoms with Gasteiger partial charge in [-0.1, -0.05) is 71.1 Å². The van der Waals surface area contributed by atoms with Crippen molar-refractivity contribution in [1.29, 1.82) is 0 Å². The van der Waals surface area contributed by atoms with E-state index < -0.39 is 0 Å². The molecule has 0 aliphatic heterocycles. The van der Waals surface area contributed by atoms with Crippen molar-refractivity contribution >= 4 is 11.7 Å². The molecule has 1 aromatic rings. The van der Waals surface area contributed by atoms with Gasteiger partial charge in [0.2, 0.25) is 0 Å². The number of carbonyl (C=O) groups excluding carboxylic acids is 1. The Hall–Kier alpha value is -1.75. The van der Waals surface area contributed by atoms with Gasteiger partial charge >= 0.3 is 5.97 Å². The summed E-state index contributed by atoms with van der Waals surface area (Å²) in [4.78, 5) is 11.1. The molecule has 0 spiro atoms. The van der Waals surface area contributed by atoms with E-state index >= 15 is 0 Å². The van der Waals surface area contributed by atoms with Gasteiger partial charge in [-0.2, -0.15) is 0 Å². The first kappa shape index (κ1) is 26.3. The molecule has 1 rings (SSSR count). The van der Waals surface area contributed by atoms with Crippen LogP contribution in [0.4, 0.5) is 5.69 Å². The molecule has 0 fully saturated rings. The predicted octanol–water partition coefficient (Wildman–Crippen LogP) is 6.19. The van der Waals surface area contributed by atoms with Crippen molar-refractivity contribution in [3.05, 3.63) is 24.3 Å². The second kappa shape index (κ2) is 17.0. The van der Waals surface area contributed by atoms with Crippen LogP contribution in [0.15, 0.2) is 24.3 Å². The highest BCUT2D eigenvalue weighted by atomic mass is 16.5. The van der Waals surface area contributed by atoms with E-state index in [0.717, 1.165) is 57.1 Å². The molecule has 0 aliphatic carbocycles. The number of nitrogens with one attached hydrogen (secondary N) is 1. The molecule has 1 aromatic carbocycles. The lowest BCUT2D eigenvalue weighted by Gasteiger charge is -2.25. The number of esters is 1. The topological polar surface area (TPSA) is 78.8 Å². The highest BCUT2D eigenvalue weighted by molar-refractivity contribution is 5.68. The fourth-order valence-corrected chi connectivity index (χ4v) is 3.73. The van der Waals surface area contributed by atoms with E-state index in [0.29, 0.717) is 6.42 Å². The van der Waals surface area contributed by atoms with E-state index in [1.165, 1.54) is 39.2 Å². The lowest BCUT2D eigenvalue weighted by molar-refractivity contribution is -0.140. The third-order valence-corrected chi connectivity index (χ3v) is 5.66. The molecule has 0 aromatic heterocycles. The Balaban J connectivity index is 2.38. The molecule has 0 saturated heterocycles. The first-order chi connectivity index (χ1) is 14.6. The summed E-state index contributed by atoms with van der Waals surface area (Å²) in [6.45, 7) is 2.22. The van der Waals surface area contributed by atoms with Crippen LogP contribution in [0.1, 0.15) is 96.8 Å². The van der Waals surface area contributed by atoms with Crippen LogP contribution in [0.25, 0.3) is 0 Å². The van der Waals surface area contributed by atoms with Crippen molar-refractivity contribution in [2.24, 2.45) is 0 Å². The average Bonchev–Trinajstić information content (AvgIpc) is 2.75. The van der Waals surface area contributed by atoms with Crippen molar-refractivity contribution in [2.45, 2.75) is 109 Å². The molecule has 5 nitrogen and oxygen atoms in total. The molecule has 0 aliphatic rings. The normalized spacial score (nSPS) is 13.0. The number of aliphatic hydroxyl groups excluding tert-OH is 1. The van der Waals surface area contributed by atoms with Crippen molar-refractivity contribution in [3.63, 3.8) is 0 Å². The van der Waals surface area contributed by atoms with E-state index in [-0.39, 0.29) is 23.9 Å². The maximum Gasteiger partial charge on any atom is 0.305 e. The molecule has 5 heteroatoms. The maximum atomic E-state index is 11.1. The molecular formula is C25H43NO4. The third-order valence-electron chi connectivity index (χ3n) is 5.66. The second-order valence-electron chi connectivity index (χ2n) is 8.30. The molecule has 30 heavy (non-hydrogen) atoms. The molecule has 0 saturated carbocycles. The molecule has 3 N–H and O–H groups in total. The first-order valence-corrected chi connectivity index (χ1v) is 11.9. The lowest BCUT2D eigenvalue weighted by Crippen LogP contribution is -2.33. The largest absolute Gasteiger partial charge is 0.508 e. The summed E-state index contributed by atoms with van der Waals surface area (Å²) < 4.78 is 4.67. The number of anilines is 1. The van der Waals surface area contributed by atoms with Crippen LogP contribution in [0.3, 0.4) is 0 Å². The molecule has 0 amide bonds. The Kier molecular flexibility index (Phi) is 14.9. The minimum atomic E-state index is -0.371. The predicted molar refractivity (Wildman–Crippen MR) is 124 cm³/mol. The van der Waals surface area contributed by atoms with Gasteiger partial charge in [-0.3, -0.25) is 4.79 Å². The van der Waals surface area contributed by atoms with Crippen LogP contribution in [-0.4, -0.2) is 35.4 Å². The third kappa shape index (κ3) is 12.7. The zero-order chi connectivity index (χ0) is 22.0.